The van der Waals surface area contributed by atoms with E-state index in [-0.39, 0.29) is 5.78 Å². The molecule has 2 heterocycles. The molecule has 2 aromatic carbocycles. The Morgan fingerprint density at radius 3 is 2.72 bits per heavy atom. The summed E-state index contributed by atoms with van der Waals surface area (Å²) in [7, 11) is 3.81. The Kier molecular flexibility index (Phi) is 8.85. The number of hydrogen-bond donors (Lipinski definition) is 1. The summed E-state index contributed by atoms with van der Waals surface area (Å²) < 4.78 is 5.66. The highest BCUT2D eigenvalue weighted by Crippen LogP contribution is 2.33. The second-order valence-electron chi connectivity index (χ2n) is 8.60. The minimum absolute atomic E-state index is 0.00126. The van der Waals surface area contributed by atoms with E-state index in [2.05, 4.69) is 44.8 Å². The van der Waals surface area contributed by atoms with Crippen LogP contribution in [0.2, 0.25) is 5.02 Å². The average Bonchev–Trinajstić information content (AvgIpc) is 2.89. The number of piperazine rings is 1. The summed E-state index contributed by atoms with van der Waals surface area (Å²) in [6.07, 6.45) is 3.30. The third kappa shape index (κ3) is 6.78. The number of aromatic nitrogens is 2. The van der Waals surface area contributed by atoms with E-state index < -0.39 is 0 Å². The second-order valence-corrected chi connectivity index (χ2v) is 9.97. The monoisotopic (exact) mass is 523 g/mol. The Bertz CT molecular complexity index is 1230. The third-order valence-corrected chi connectivity index (χ3v) is 7.44. The van der Waals surface area contributed by atoms with Crippen molar-refractivity contribution in [3.8, 4) is 5.75 Å². The number of halogens is 1. The predicted octanol–water partition coefficient (Wildman–Crippen LogP) is 5.22. The van der Waals surface area contributed by atoms with Crippen LogP contribution in [0.15, 0.2) is 66.3 Å². The third-order valence-electron chi connectivity index (χ3n) is 5.98. The Balaban J connectivity index is 1.44. The van der Waals surface area contributed by atoms with Gasteiger partial charge in [-0.05, 0) is 36.4 Å². The average molecular weight is 524 g/mol. The molecular weight excluding hydrogens is 494 g/mol. The van der Waals surface area contributed by atoms with E-state index in [1.807, 2.05) is 36.4 Å². The molecule has 0 amide bonds. The van der Waals surface area contributed by atoms with Crippen LogP contribution in [0.1, 0.15) is 11.1 Å². The first-order chi connectivity index (χ1) is 17.4. The molecule has 3 aromatic rings. The number of ketones is 1. The lowest BCUT2D eigenvalue weighted by Gasteiger charge is -2.34. The van der Waals surface area contributed by atoms with Crippen LogP contribution >= 0.6 is 23.4 Å². The number of carbonyl (C=O) groups excluding carboxylic acids is 1. The van der Waals surface area contributed by atoms with Crippen LogP contribution in [0.4, 0.5) is 17.3 Å². The molecule has 1 aliphatic heterocycles. The number of anilines is 3. The molecular formula is C27H30ClN5O2S. The minimum atomic E-state index is 0.00126. The molecule has 36 heavy (non-hydrogen) atoms. The van der Waals surface area contributed by atoms with Gasteiger partial charge in [-0.2, -0.15) is 0 Å². The van der Waals surface area contributed by atoms with Gasteiger partial charge in [-0.25, -0.2) is 9.97 Å². The van der Waals surface area contributed by atoms with Crippen molar-refractivity contribution in [2.24, 2.45) is 0 Å². The number of rotatable bonds is 10. The molecule has 1 N–H and O–H groups in total. The first-order valence-electron chi connectivity index (χ1n) is 11.7. The van der Waals surface area contributed by atoms with Crippen LogP contribution < -0.4 is 15.0 Å². The molecule has 0 atom stereocenters. The second kappa shape index (κ2) is 12.3. The van der Waals surface area contributed by atoms with E-state index in [1.165, 1.54) is 17.8 Å². The predicted molar refractivity (Wildman–Crippen MR) is 148 cm³/mol. The maximum atomic E-state index is 11.7. The summed E-state index contributed by atoms with van der Waals surface area (Å²) in [5, 5.41) is 4.43. The van der Waals surface area contributed by atoms with Crippen LogP contribution in [0.3, 0.4) is 0 Å². The Labute approximate surface area is 221 Å². The van der Waals surface area contributed by atoms with Crippen molar-refractivity contribution in [3.63, 3.8) is 0 Å². The van der Waals surface area contributed by atoms with Gasteiger partial charge in [0.2, 0.25) is 5.95 Å². The number of ether oxygens (including phenoxy) is 1. The number of methoxy groups -OCH3 is 1. The maximum absolute atomic E-state index is 11.7. The number of hydrogen-bond acceptors (Lipinski definition) is 8. The summed E-state index contributed by atoms with van der Waals surface area (Å²) in [4.78, 5) is 25.4. The molecule has 0 spiro atoms. The number of nitrogens with zero attached hydrogens (tertiary/aromatic N) is 4. The molecule has 0 bridgehead atoms. The summed E-state index contributed by atoms with van der Waals surface area (Å²) in [6, 6.07) is 14.1. The fourth-order valence-electron chi connectivity index (χ4n) is 3.93. The summed E-state index contributed by atoms with van der Waals surface area (Å²) in [5.74, 6) is 1.83. The molecule has 1 saturated heterocycles. The van der Waals surface area contributed by atoms with Gasteiger partial charge in [0, 0.05) is 50.1 Å². The van der Waals surface area contributed by atoms with E-state index in [0.29, 0.717) is 28.2 Å². The fourth-order valence-corrected chi connectivity index (χ4v) is 5.01. The zero-order valence-corrected chi connectivity index (χ0v) is 22.1. The van der Waals surface area contributed by atoms with Gasteiger partial charge in [-0.15, -0.1) is 0 Å². The maximum Gasteiger partial charge on any atom is 0.228 e. The number of carbonyl (C=O) groups is 1. The molecule has 1 aromatic heterocycles. The van der Waals surface area contributed by atoms with Gasteiger partial charge in [0.05, 0.1) is 24.0 Å². The van der Waals surface area contributed by atoms with Crippen molar-refractivity contribution in [3.05, 3.63) is 77.5 Å². The Hall–Kier alpha value is -3.07. The highest BCUT2D eigenvalue weighted by atomic mass is 35.5. The number of nitrogens with one attached hydrogen (secondary N) is 1. The van der Waals surface area contributed by atoms with Gasteiger partial charge in [0.1, 0.15) is 10.8 Å². The zero-order valence-electron chi connectivity index (χ0n) is 20.5. The topological polar surface area (TPSA) is 70.6 Å². The van der Waals surface area contributed by atoms with Crippen molar-refractivity contribution in [1.82, 2.24) is 14.9 Å². The Morgan fingerprint density at radius 2 is 1.97 bits per heavy atom. The zero-order chi connectivity index (χ0) is 25.5. The molecule has 0 aliphatic carbocycles. The van der Waals surface area contributed by atoms with Gasteiger partial charge in [0.25, 0.3) is 0 Å². The van der Waals surface area contributed by atoms with Crippen molar-refractivity contribution >= 4 is 46.5 Å². The van der Waals surface area contributed by atoms with E-state index >= 15 is 0 Å². The quantitative estimate of drug-likeness (QED) is 0.220. The van der Waals surface area contributed by atoms with Crippen LogP contribution in [-0.4, -0.2) is 61.0 Å². The highest BCUT2D eigenvalue weighted by Gasteiger charge is 2.16. The van der Waals surface area contributed by atoms with Gasteiger partial charge in [0.15, 0.2) is 5.78 Å². The molecule has 7 nitrogen and oxygen atoms in total. The number of likely N-dealkylation sites (N-methyl/N-ethyl adjacent to an activating group) is 1. The molecule has 0 saturated carbocycles. The van der Waals surface area contributed by atoms with Crippen molar-refractivity contribution in [2.75, 3.05) is 50.6 Å². The minimum Gasteiger partial charge on any atom is -0.494 e. The van der Waals surface area contributed by atoms with Crippen molar-refractivity contribution in [1.29, 1.82) is 0 Å². The van der Waals surface area contributed by atoms with Crippen molar-refractivity contribution in [2.45, 2.75) is 17.2 Å². The van der Waals surface area contributed by atoms with E-state index in [1.54, 1.807) is 13.3 Å². The highest BCUT2D eigenvalue weighted by molar-refractivity contribution is 7.98. The van der Waals surface area contributed by atoms with Crippen LogP contribution in [0, 0.1) is 0 Å². The SMILES string of the molecule is C=CC(=O)Cc1cccc(CSc2nc(Nc3ccc(N4CCN(C)CC4)cc3OC)ncc2Cl)c1. The van der Waals surface area contributed by atoms with Crippen LogP contribution in [0.25, 0.3) is 0 Å². The fraction of sp³-hybridized carbons (Fsp3) is 0.296. The van der Waals surface area contributed by atoms with E-state index in [9.17, 15) is 4.79 Å². The summed E-state index contributed by atoms with van der Waals surface area (Å²) in [5.41, 5.74) is 3.96. The molecule has 188 valence electrons. The Morgan fingerprint density at radius 1 is 1.19 bits per heavy atom. The molecule has 9 heteroatoms. The lowest BCUT2D eigenvalue weighted by Crippen LogP contribution is -2.44. The number of benzene rings is 2. The number of thioether (sulfide) groups is 1. The lowest BCUT2D eigenvalue weighted by molar-refractivity contribution is -0.114. The van der Waals surface area contributed by atoms with Crippen LogP contribution in [-0.2, 0) is 17.0 Å². The van der Waals surface area contributed by atoms with Crippen molar-refractivity contribution < 1.29 is 9.53 Å². The lowest BCUT2D eigenvalue weighted by atomic mass is 10.1. The first kappa shape index (κ1) is 26.0. The summed E-state index contributed by atoms with van der Waals surface area (Å²) >= 11 is 7.92. The van der Waals surface area contributed by atoms with E-state index in [0.717, 1.165) is 54.4 Å². The van der Waals surface area contributed by atoms with Gasteiger partial charge < -0.3 is 19.9 Å². The smallest absolute Gasteiger partial charge is 0.228 e. The molecule has 0 unspecified atom stereocenters. The van der Waals surface area contributed by atoms with Gasteiger partial charge in [-0.3, -0.25) is 4.79 Å². The van der Waals surface area contributed by atoms with E-state index in [4.69, 9.17) is 16.3 Å². The molecule has 1 aliphatic rings. The van der Waals surface area contributed by atoms with Gasteiger partial charge >= 0.3 is 0 Å². The van der Waals surface area contributed by atoms with Gasteiger partial charge in [-0.1, -0.05) is 54.2 Å². The standard InChI is InChI=1S/C27H30ClN5O2S/c1-4-22(34)15-19-6-5-7-20(14-19)18-36-26-23(28)17-29-27(31-26)30-24-9-8-21(16-25(24)35-3)33-12-10-32(2)11-13-33/h4-9,14,16-17H,1,10-13,15,18H2,2-3H3,(H,29,30,31). The number of allylic oxidation sites excluding steroid dienone is 1. The first-order valence-corrected chi connectivity index (χ1v) is 13.1. The normalized spacial score (nSPS) is 13.9. The molecule has 4 rings (SSSR count). The largest absolute Gasteiger partial charge is 0.494 e. The molecule has 0 radical (unpaired) electrons. The molecule has 1 fully saturated rings. The van der Waals surface area contributed by atoms with Crippen LogP contribution in [0.5, 0.6) is 5.75 Å². The summed E-state index contributed by atoms with van der Waals surface area (Å²) in [6.45, 7) is 7.60.